The van der Waals surface area contributed by atoms with Gasteiger partial charge in [0.2, 0.25) is 0 Å². The van der Waals surface area contributed by atoms with Gasteiger partial charge in [-0.25, -0.2) is 0 Å². The molecule has 0 bridgehead atoms. The first-order chi connectivity index (χ1) is 15.1. The Morgan fingerprint density at radius 2 is 1.90 bits per heavy atom. The number of thiol groups is 1. The highest BCUT2D eigenvalue weighted by Crippen LogP contribution is 2.35. The summed E-state index contributed by atoms with van der Waals surface area (Å²) in [6.45, 7) is 6.42. The fraction of sp³-hybridized carbons (Fsp3) is 0.318. The van der Waals surface area contributed by atoms with Crippen LogP contribution in [0.25, 0.3) is 28.0 Å². The lowest BCUT2D eigenvalue weighted by atomic mass is 10.1. The molecule has 0 unspecified atom stereocenters. The van der Waals surface area contributed by atoms with E-state index in [9.17, 15) is 5.11 Å². The van der Waals surface area contributed by atoms with Gasteiger partial charge in [0.1, 0.15) is 5.75 Å². The van der Waals surface area contributed by atoms with E-state index < -0.39 is 0 Å². The van der Waals surface area contributed by atoms with E-state index in [-0.39, 0.29) is 5.75 Å². The van der Waals surface area contributed by atoms with E-state index in [1.165, 1.54) is 5.56 Å². The number of aryl methyl sites for hydroxylation is 1. The predicted molar refractivity (Wildman–Crippen MR) is 121 cm³/mol. The maximum Gasteiger partial charge on any atom is 0.193 e. The standard InChI is InChI=1S/C22H24N6O2S/c1-2-18-16-11-17(20(29)12-19(16)24-23-18)21-25-26-22(31)28(21)15-5-3-14(4-6-15)13-27-7-9-30-10-8-27/h3-6,11-12,29H,2,7-10,13H2,1H3,(H,23,24)(H,26,31). The van der Waals surface area contributed by atoms with Crippen molar-refractivity contribution in [1.82, 2.24) is 29.9 Å². The van der Waals surface area contributed by atoms with Crippen molar-refractivity contribution >= 4 is 23.5 Å². The molecule has 0 aliphatic carbocycles. The number of aromatic nitrogens is 5. The van der Waals surface area contributed by atoms with E-state index >= 15 is 0 Å². The molecule has 8 nitrogen and oxygen atoms in total. The molecule has 3 heterocycles. The average molecular weight is 437 g/mol. The molecule has 9 heteroatoms. The number of H-pyrrole nitrogens is 1. The number of hydrogen-bond donors (Lipinski definition) is 3. The lowest BCUT2D eigenvalue weighted by molar-refractivity contribution is 0.0342. The van der Waals surface area contributed by atoms with Crippen LogP contribution in [0.3, 0.4) is 0 Å². The monoisotopic (exact) mass is 436 g/mol. The van der Waals surface area contributed by atoms with Crippen molar-refractivity contribution < 1.29 is 9.84 Å². The molecule has 1 aliphatic heterocycles. The third-order valence-corrected chi connectivity index (χ3v) is 5.97. The lowest BCUT2D eigenvalue weighted by Gasteiger charge is -2.26. The number of rotatable bonds is 5. The van der Waals surface area contributed by atoms with Crippen LogP contribution < -0.4 is 0 Å². The molecule has 0 spiro atoms. The van der Waals surface area contributed by atoms with E-state index in [2.05, 4.69) is 57.0 Å². The molecule has 0 atom stereocenters. The largest absolute Gasteiger partial charge is 0.507 e. The predicted octanol–water partition coefficient (Wildman–Crippen LogP) is 3.20. The topological polar surface area (TPSA) is 92.1 Å². The molecule has 1 saturated heterocycles. The second-order valence-corrected chi connectivity index (χ2v) is 8.05. The minimum absolute atomic E-state index is 0.115. The van der Waals surface area contributed by atoms with Crippen molar-refractivity contribution in [3.63, 3.8) is 0 Å². The first kappa shape index (κ1) is 20.0. The number of hydrogen-bond acceptors (Lipinski definition) is 7. The minimum Gasteiger partial charge on any atom is -0.507 e. The summed E-state index contributed by atoms with van der Waals surface area (Å²) in [5, 5.41) is 27.9. The number of fused-ring (bicyclic) bond motifs is 1. The van der Waals surface area contributed by atoms with Crippen molar-refractivity contribution in [2.24, 2.45) is 0 Å². The van der Waals surface area contributed by atoms with E-state index in [1.807, 2.05) is 22.8 Å². The van der Waals surface area contributed by atoms with Gasteiger partial charge in [-0.15, -0.1) is 22.8 Å². The Bertz CT molecular complexity index is 1210. The van der Waals surface area contributed by atoms with Crippen molar-refractivity contribution in [1.29, 1.82) is 0 Å². The van der Waals surface area contributed by atoms with Crippen LogP contribution in [0.5, 0.6) is 5.75 Å². The molecule has 2 N–H and O–H groups in total. The van der Waals surface area contributed by atoms with Gasteiger partial charge >= 0.3 is 0 Å². The normalized spacial score (nSPS) is 15.0. The fourth-order valence-electron chi connectivity index (χ4n) is 4.01. The molecule has 1 fully saturated rings. The molecule has 0 saturated carbocycles. The summed E-state index contributed by atoms with van der Waals surface area (Å²) >= 11 is 4.51. The lowest BCUT2D eigenvalue weighted by Crippen LogP contribution is -2.35. The van der Waals surface area contributed by atoms with Crippen LogP contribution in [-0.4, -0.2) is 61.3 Å². The number of nitrogens with zero attached hydrogens (tertiary/aromatic N) is 5. The van der Waals surface area contributed by atoms with Crippen molar-refractivity contribution in [2.45, 2.75) is 25.0 Å². The molecule has 31 heavy (non-hydrogen) atoms. The van der Waals surface area contributed by atoms with Crippen LogP contribution in [-0.2, 0) is 17.7 Å². The third-order valence-electron chi connectivity index (χ3n) is 5.68. The SMILES string of the molecule is CCc1n[nH]c2cc(O)c(-c3nnc(S)n3-c3ccc(CN4CCOCC4)cc3)cc12. The van der Waals surface area contributed by atoms with Crippen molar-refractivity contribution in [3.05, 3.63) is 47.7 Å². The zero-order valence-corrected chi connectivity index (χ0v) is 18.1. The summed E-state index contributed by atoms with van der Waals surface area (Å²) in [5.41, 5.74) is 4.45. The number of nitrogens with one attached hydrogen (secondary N) is 1. The Morgan fingerprint density at radius 3 is 2.65 bits per heavy atom. The first-order valence-corrected chi connectivity index (χ1v) is 10.8. The van der Waals surface area contributed by atoms with E-state index in [0.717, 1.165) is 61.6 Å². The van der Waals surface area contributed by atoms with Crippen LogP contribution in [0.4, 0.5) is 0 Å². The van der Waals surface area contributed by atoms with Gasteiger partial charge in [0.15, 0.2) is 11.0 Å². The van der Waals surface area contributed by atoms with Crippen LogP contribution in [0.15, 0.2) is 41.6 Å². The molecule has 0 amide bonds. The molecule has 5 rings (SSSR count). The van der Waals surface area contributed by atoms with E-state index in [4.69, 9.17) is 4.74 Å². The van der Waals surface area contributed by atoms with Gasteiger partial charge in [0.05, 0.1) is 30.0 Å². The second-order valence-electron chi connectivity index (χ2n) is 7.65. The second kappa shape index (κ2) is 8.33. The van der Waals surface area contributed by atoms with Gasteiger partial charge in [-0.1, -0.05) is 19.1 Å². The summed E-state index contributed by atoms with van der Waals surface area (Å²) in [5.74, 6) is 0.651. The molecule has 4 aromatic rings. The highest BCUT2D eigenvalue weighted by Gasteiger charge is 2.19. The summed E-state index contributed by atoms with van der Waals surface area (Å²) in [6, 6.07) is 11.9. The number of phenolic OH excluding ortho intramolecular Hbond substituents is 1. The number of ether oxygens (including phenoxy) is 1. The fourth-order valence-corrected chi connectivity index (χ4v) is 4.27. The van der Waals surface area contributed by atoms with Gasteiger partial charge < -0.3 is 9.84 Å². The number of phenols is 1. The molecule has 2 aromatic heterocycles. The average Bonchev–Trinajstić information content (AvgIpc) is 3.37. The molecular weight excluding hydrogens is 412 g/mol. The molecule has 2 aromatic carbocycles. The molecular formula is C22H24N6O2S. The summed E-state index contributed by atoms with van der Waals surface area (Å²) < 4.78 is 7.27. The van der Waals surface area contributed by atoms with Crippen LogP contribution in [0.2, 0.25) is 0 Å². The highest BCUT2D eigenvalue weighted by molar-refractivity contribution is 7.80. The number of morpholine rings is 1. The Hall–Kier alpha value is -2.88. The minimum atomic E-state index is 0.115. The van der Waals surface area contributed by atoms with Crippen molar-refractivity contribution in [2.75, 3.05) is 26.3 Å². The van der Waals surface area contributed by atoms with Gasteiger partial charge in [-0.2, -0.15) is 5.10 Å². The summed E-state index contributed by atoms with van der Waals surface area (Å²) in [4.78, 5) is 2.39. The quantitative estimate of drug-likeness (QED) is 0.416. The van der Waals surface area contributed by atoms with Gasteiger partial charge in [-0.3, -0.25) is 14.6 Å². The molecule has 0 radical (unpaired) electrons. The maximum atomic E-state index is 10.7. The molecule has 1 aliphatic rings. The zero-order chi connectivity index (χ0) is 21.4. The Kier molecular flexibility index (Phi) is 5.39. The summed E-state index contributed by atoms with van der Waals surface area (Å²) in [7, 11) is 0. The zero-order valence-electron chi connectivity index (χ0n) is 17.2. The Balaban J connectivity index is 1.50. The first-order valence-electron chi connectivity index (χ1n) is 10.4. The highest BCUT2D eigenvalue weighted by atomic mass is 32.1. The van der Waals surface area contributed by atoms with Gasteiger partial charge in [-0.05, 0) is 30.2 Å². The van der Waals surface area contributed by atoms with Crippen molar-refractivity contribution in [3.8, 4) is 22.8 Å². The van der Waals surface area contributed by atoms with Crippen LogP contribution in [0.1, 0.15) is 18.2 Å². The summed E-state index contributed by atoms with van der Waals surface area (Å²) in [6.07, 6.45) is 0.791. The Morgan fingerprint density at radius 1 is 1.13 bits per heavy atom. The van der Waals surface area contributed by atoms with Gasteiger partial charge in [0, 0.05) is 36.8 Å². The van der Waals surface area contributed by atoms with E-state index in [1.54, 1.807) is 6.07 Å². The number of aromatic amines is 1. The maximum absolute atomic E-state index is 10.7. The van der Waals surface area contributed by atoms with Gasteiger partial charge in [0.25, 0.3) is 0 Å². The smallest absolute Gasteiger partial charge is 0.193 e. The Labute approximate surface area is 185 Å². The van der Waals surface area contributed by atoms with Crippen LogP contribution in [0, 0.1) is 0 Å². The van der Waals surface area contributed by atoms with Crippen LogP contribution >= 0.6 is 12.6 Å². The molecule has 160 valence electrons. The number of aromatic hydroxyl groups is 1. The third kappa shape index (κ3) is 3.80. The van der Waals surface area contributed by atoms with E-state index in [0.29, 0.717) is 16.5 Å². The number of benzene rings is 2.